The number of anilines is 1. The average molecular weight is 413 g/mol. The minimum atomic E-state index is -4.34. The molecule has 2 aliphatic heterocycles. The number of nitrogens with zero attached hydrogens (tertiary/aromatic N) is 3. The van der Waals surface area contributed by atoms with Crippen molar-refractivity contribution in [2.75, 3.05) is 18.4 Å². The van der Waals surface area contributed by atoms with Gasteiger partial charge in [0.25, 0.3) is 0 Å². The lowest BCUT2D eigenvalue weighted by Gasteiger charge is -2.39. The summed E-state index contributed by atoms with van der Waals surface area (Å²) >= 11 is 0. The Hall–Kier alpha value is -1.73. The molecule has 162 valence electrons. The van der Waals surface area contributed by atoms with Crippen LogP contribution in [-0.4, -0.2) is 45.9 Å². The van der Waals surface area contributed by atoms with Crippen LogP contribution in [0.2, 0.25) is 0 Å². The Morgan fingerprint density at radius 3 is 2.48 bits per heavy atom. The number of hydrogen-bond acceptors (Lipinski definition) is 3. The highest BCUT2D eigenvalue weighted by atomic mass is 19.4. The molecule has 1 saturated heterocycles. The molecule has 29 heavy (non-hydrogen) atoms. The standard InChI is InChI=1S/C21H31F3N4O/c1-20(2,3)16-11-17(21(22,23)24)28-18(25-16)10-15(26-28)14-8-9-27(12-14)19(29)13-6-4-5-7-13/h10,13-14,16-17,25H,4-9,11-12H2,1-3H3. The van der Waals surface area contributed by atoms with Gasteiger partial charge < -0.3 is 10.2 Å². The molecule has 1 aromatic heterocycles. The van der Waals surface area contributed by atoms with Crippen LogP contribution in [0.25, 0.3) is 0 Å². The lowest BCUT2D eigenvalue weighted by Crippen LogP contribution is -2.44. The average Bonchev–Trinajstić information content (AvgIpc) is 3.37. The predicted molar refractivity (Wildman–Crippen MR) is 105 cm³/mol. The number of carbonyl (C=O) groups excluding carboxylic acids is 1. The summed E-state index contributed by atoms with van der Waals surface area (Å²) in [6, 6.07) is -0.130. The van der Waals surface area contributed by atoms with E-state index >= 15 is 0 Å². The maximum absolute atomic E-state index is 13.8. The number of carbonyl (C=O) groups is 1. The second kappa shape index (κ2) is 7.20. The van der Waals surface area contributed by atoms with Gasteiger partial charge in [0.05, 0.1) is 5.69 Å². The number of alkyl halides is 3. The highest BCUT2D eigenvalue weighted by Crippen LogP contribution is 2.44. The van der Waals surface area contributed by atoms with Crippen LogP contribution in [-0.2, 0) is 4.79 Å². The van der Waals surface area contributed by atoms with Crippen LogP contribution in [0.1, 0.15) is 76.9 Å². The van der Waals surface area contributed by atoms with Crippen molar-refractivity contribution in [2.45, 2.75) is 83.5 Å². The van der Waals surface area contributed by atoms with Gasteiger partial charge in [-0.3, -0.25) is 4.79 Å². The van der Waals surface area contributed by atoms with E-state index in [1.54, 1.807) is 6.07 Å². The fourth-order valence-corrected chi connectivity index (χ4v) is 4.99. The molecule has 3 atom stereocenters. The molecule has 1 saturated carbocycles. The van der Waals surface area contributed by atoms with E-state index in [9.17, 15) is 18.0 Å². The molecule has 3 unspecified atom stereocenters. The zero-order chi connectivity index (χ0) is 21.0. The van der Waals surface area contributed by atoms with Gasteiger partial charge in [0.15, 0.2) is 6.04 Å². The van der Waals surface area contributed by atoms with Gasteiger partial charge in [0.2, 0.25) is 5.91 Å². The minimum absolute atomic E-state index is 0.00206. The zero-order valence-electron chi connectivity index (χ0n) is 17.4. The van der Waals surface area contributed by atoms with E-state index in [2.05, 4.69) is 10.4 Å². The summed E-state index contributed by atoms with van der Waals surface area (Å²) in [7, 11) is 0. The first kappa shape index (κ1) is 20.5. The van der Waals surface area contributed by atoms with Crippen molar-refractivity contribution in [3.05, 3.63) is 11.8 Å². The molecule has 2 fully saturated rings. The van der Waals surface area contributed by atoms with Crippen LogP contribution in [0.5, 0.6) is 0 Å². The Kier molecular flexibility index (Phi) is 5.10. The molecule has 5 nitrogen and oxygen atoms in total. The SMILES string of the molecule is CC(C)(C)C1CC(C(F)(F)F)n2nc(C3CCN(C(=O)C4CCCC4)C3)cc2N1. The van der Waals surface area contributed by atoms with E-state index in [1.807, 2.05) is 25.7 Å². The smallest absolute Gasteiger partial charge is 0.367 e. The maximum Gasteiger partial charge on any atom is 0.410 e. The number of fused-ring (bicyclic) bond motifs is 1. The number of halogens is 3. The molecule has 1 aliphatic carbocycles. The van der Waals surface area contributed by atoms with E-state index in [4.69, 9.17) is 0 Å². The molecular weight excluding hydrogens is 381 g/mol. The molecule has 4 rings (SSSR count). The lowest BCUT2D eigenvalue weighted by molar-refractivity contribution is -0.175. The van der Waals surface area contributed by atoms with Crippen LogP contribution >= 0.6 is 0 Å². The highest BCUT2D eigenvalue weighted by molar-refractivity contribution is 5.79. The second-order valence-corrected chi connectivity index (χ2v) is 10.0. The van der Waals surface area contributed by atoms with Crippen molar-refractivity contribution in [3.8, 4) is 0 Å². The second-order valence-electron chi connectivity index (χ2n) is 10.0. The van der Waals surface area contributed by atoms with Crippen LogP contribution in [0.4, 0.5) is 19.0 Å². The molecule has 8 heteroatoms. The van der Waals surface area contributed by atoms with E-state index in [0.717, 1.165) is 36.8 Å². The van der Waals surface area contributed by atoms with Crippen molar-refractivity contribution in [1.29, 1.82) is 0 Å². The zero-order valence-corrected chi connectivity index (χ0v) is 17.4. The quantitative estimate of drug-likeness (QED) is 0.765. The topological polar surface area (TPSA) is 50.2 Å². The van der Waals surface area contributed by atoms with Gasteiger partial charge in [-0.15, -0.1) is 0 Å². The Balaban J connectivity index is 1.54. The van der Waals surface area contributed by atoms with Crippen molar-refractivity contribution in [3.63, 3.8) is 0 Å². The molecule has 1 aromatic rings. The summed E-state index contributed by atoms with van der Waals surface area (Å²) in [4.78, 5) is 14.6. The van der Waals surface area contributed by atoms with Crippen LogP contribution in [0, 0.1) is 11.3 Å². The van der Waals surface area contributed by atoms with Crippen LogP contribution < -0.4 is 5.32 Å². The Morgan fingerprint density at radius 2 is 1.86 bits per heavy atom. The van der Waals surface area contributed by atoms with Crippen LogP contribution in [0.3, 0.4) is 0 Å². The Bertz CT molecular complexity index is 761. The number of likely N-dealkylation sites (tertiary alicyclic amines) is 1. The summed E-state index contributed by atoms with van der Waals surface area (Å²) in [5, 5.41) is 7.67. The Labute approximate surface area is 170 Å². The first-order valence-corrected chi connectivity index (χ1v) is 10.8. The van der Waals surface area contributed by atoms with Crippen molar-refractivity contribution in [2.24, 2.45) is 11.3 Å². The first-order valence-electron chi connectivity index (χ1n) is 10.8. The summed E-state index contributed by atoms with van der Waals surface area (Å²) in [6.07, 6.45) is 0.534. The maximum atomic E-state index is 13.8. The van der Waals surface area contributed by atoms with Crippen LogP contribution in [0.15, 0.2) is 6.07 Å². The van der Waals surface area contributed by atoms with E-state index in [0.29, 0.717) is 24.6 Å². The monoisotopic (exact) mass is 412 g/mol. The first-order chi connectivity index (χ1) is 13.5. The third kappa shape index (κ3) is 3.99. The third-order valence-corrected chi connectivity index (χ3v) is 6.88. The van der Waals surface area contributed by atoms with Gasteiger partial charge in [0, 0.05) is 37.0 Å². The van der Waals surface area contributed by atoms with Crippen molar-refractivity contribution in [1.82, 2.24) is 14.7 Å². The molecule has 0 bridgehead atoms. The van der Waals surface area contributed by atoms with Gasteiger partial charge in [-0.25, -0.2) is 4.68 Å². The molecule has 0 spiro atoms. The molecule has 1 amide bonds. The number of hydrogen-bond donors (Lipinski definition) is 1. The molecule has 3 aliphatic rings. The predicted octanol–water partition coefficient (Wildman–Crippen LogP) is 4.72. The number of nitrogens with one attached hydrogen (secondary N) is 1. The van der Waals surface area contributed by atoms with Gasteiger partial charge >= 0.3 is 6.18 Å². The van der Waals surface area contributed by atoms with Crippen molar-refractivity contribution >= 4 is 11.7 Å². The highest BCUT2D eigenvalue weighted by Gasteiger charge is 2.48. The fraction of sp³-hybridized carbons (Fsp3) is 0.810. The molecule has 0 aromatic carbocycles. The molecule has 3 heterocycles. The van der Waals surface area contributed by atoms with Gasteiger partial charge in [0.1, 0.15) is 5.82 Å². The molecule has 1 N–H and O–H groups in total. The summed E-state index contributed by atoms with van der Waals surface area (Å²) < 4.78 is 42.4. The fourth-order valence-electron chi connectivity index (χ4n) is 4.99. The third-order valence-electron chi connectivity index (χ3n) is 6.88. The van der Waals surface area contributed by atoms with Gasteiger partial charge in [-0.1, -0.05) is 33.6 Å². The summed E-state index contributed by atoms with van der Waals surface area (Å²) in [5.41, 5.74) is 0.370. The molecular formula is C21H31F3N4O. The summed E-state index contributed by atoms with van der Waals surface area (Å²) in [6.45, 7) is 7.09. The largest absolute Gasteiger partial charge is 0.410 e. The number of amides is 1. The normalized spacial score (nSPS) is 28.5. The lowest BCUT2D eigenvalue weighted by atomic mass is 9.82. The van der Waals surface area contributed by atoms with E-state index in [1.165, 1.54) is 0 Å². The number of aromatic nitrogens is 2. The minimum Gasteiger partial charge on any atom is -0.367 e. The van der Waals surface area contributed by atoms with Gasteiger partial charge in [-0.05, 0) is 31.1 Å². The Morgan fingerprint density at radius 1 is 1.17 bits per heavy atom. The summed E-state index contributed by atoms with van der Waals surface area (Å²) in [5.74, 6) is 0.789. The molecule has 0 radical (unpaired) electrons. The van der Waals surface area contributed by atoms with E-state index < -0.39 is 12.2 Å². The van der Waals surface area contributed by atoms with Gasteiger partial charge in [-0.2, -0.15) is 18.3 Å². The number of rotatable bonds is 2. The van der Waals surface area contributed by atoms with E-state index in [-0.39, 0.29) is 35.6 Å². The van der Waals surface area contributed by atoms with Crippen molar-refractivity contribution < 1.29 is 18.0 Å².